The highest BCUT2D eigenvalue weighted by molar-refractivity contribution is 9.10. The van der Waals surface area contributed by atoms with Crippen LogP contribution in [0.2, 0.25) is 0 Å². The van der Waals surface area contributed by atoms with Crippen molar-refractivity contribution in [2.45, 2.75) is 0 Å². The van der Waals surface area contributed by atoms with Crippen molar-refractivity contribution < 1.29 is 0 Å². The van der Waals surface area contributed by atoms with Gasteiger partial charge in [0.1, 0.15) is 0 Å². The number of pyridine rings is 1. The Morgan fingerprint density at radius 3 is 1.90 bits per heavy atom. The van der Waals surface area contributed by atoms with Crippen LogP contribution in [0.25, 0.3) is 44.4 Å². The van der Waals surface area contributed by atoms with Crippen LogP contribution < -0.4 is 0 Å². The van der Waals surface area contributed by atoms with Gasteiger partial charge >= 0.3 is 0 Å². The van der Waals surface area contributed by atoms with Crippen LogP contribution in [0, 0.1) is 0 Å². The Balaban J connectivity index is 1.76. The molecule has 2 heteroatoms. The molecular formula is C27H18BrN. The monoisotopic (exact) mass is 435 g/mol. The zero-order valence-electron chi connectivity index (χ0n) is 15.7. The quantitative estimate of drug-likeness (QED) is 0.279. The van der Waals surface area contributed by atoms with Gasteiger partial charge in [0.2, 0.25) is 0 Å². The number of hydrogen-bond donors (Lipinski definition) is 0. The van der Waals surface area contributed by atoms with Crippen molar-refractivity contribution in [3.63, 3.8) is 0 Å². The Labute approximate surface area is 178 Å². The predicted molar refractivity (Wildman–Crippen MR) is 126 cm³/mol. The van der Waals surface area contributed by atoms with Crippen molar-refractivity contribution in [3.05, 3.63) is 114 Å². The van der Waals surface area contributed by atoms with E-state index in [1.807, 2.05) is 6.07 Å². The van der Waals surface area contributed by atoms with Gasteiger partial charge in [-0.05, 0) is 46.2 Å². The van der Waals surface area contributed by atoms with Gasteiger partial charge in [-0.1, -0.05) is 101 Å². The van der Waals surface area contributed by atoms with E-state index in [1.165, 1.54) is 21.9 Å². The summed E-state index contributed by atoms with van der Waals surface area (Å²) in [5.41, 5.74) is 6.57. The van der Waals surface area contributed by atoms with Gasteiger partial charge in [0.15, 0.2) is 0 Å². The Bertz CT molecular complexity index is 1290. The van der Waals surface area contributed by atoms with Gasteiger partial charge in [0, 0.05) is 15.6 Å². The van der Waals surface area contributed by atoms with E-state index in [2.05, 4.69) is 119 Å². The fourth-order valence-electron chi connectivity index (χ4n) is 3.69. The summed E-state index contributed by atoms with van der Waals surface area (Å²) < 4.78 is 1.06. The summed E-state index contributed by atoms with van der Waals surface area (Å²) in [6.45, 7) is 0. The molecule has 0 bridgehead atoms. The SMILES string of the molecule is Brc1ccc(-c2cc(-c3cccc4ccccc34)cc(-c3ccccc3)n2)cc1. The van der Waals surface area contributed by atoms with Crippen molar-refractivity contribution in [3.8, 4) is 33.6 Å². The van der Waals surface area contributed by atoms with Crippen molar-refractivity contribution in [2.24, 2.45) is 0 Å². The Morgan fingerprint density at radius 2 is 1.14 bits per heavy atom. The molecule has 0 saturated carbocycles. The van der Waals surface area contributed by atoms with Crippen LogP contribution in [0.4, 0.5) is 0 Å². The van der Waals surface area contributed by atoms with E-state index in [0.29, 0.717) is 0 Å². The average molecular weight is 436 g/mol. The molecule has 4 aromatic carbocycles. The molecule has 0 radical (unpaired) electrons. The second-order valence-electron chi connectivity index (χ2n) is 7.03. The largest absolute Gasteiger partial charge is 0.248 e. The smallest absolute Gasteiger partial charge is 0.0715 e. The number of halogens is 1. The molecule has 0 aliphatic heterocycles. The van der Waals surface area contributed by atoms with E-state index in [9.17, 15) is 0 Å². The first kappa shape index (κ1) is 17.8. The van der Waals surface area contributed by atoms with Crippen molar-refractivity contribution in [1.29, 1.82) is 0 Å². The average Bonchev–Trinajstić information content (AvgIpc) is 2.79. The molecule has 0 amide bonds. The van der Waals surface area contributed by atoms with Gasteiger partial charge in [-0.2, -0.15) is 0 Å². The lowest BCUT2D eigenvalue weighted by atomic mass is 9.96. The molecule has 0 spiro atoms. The highest BCUT2D eigenvalue weighted by atomic mass is 79.9. The molecule has 0 aliphatic rings. The minimum absolute atomic E-state index is 0.974. The van der Waals surface area contributed by atoms with Crippen LogP contribution in [0.5, 0.6) is 0 Å². The molecule has 0 saturated heterocycles. The third-order valence-electron chi connectivity index (χ3n) is 5.14. The fraction of sp³-hybridized carbons (Fsp3) is 0. The zero-order valence-corrected chi connectivity index (χ0v) is 17.3. The maximum absolute atomic E-state index is 4.99. The summed E-state index contributed by atoms with van der Waals surface area (Å²) in [5, 5.41) is 2.50. The lowest BCUT2D eigenvalue weighted by Gasteiger charge is -2.12. The fourth-order valence-corrected chi connectivity index (χ4v) is 3.95. The van der Waals surface area contributed by atoms with Gasteiger partial charge in [-0.3, -0.25) is 0 Å². The summed E-state index contributed by atoms with van der Waals surface area (Å²) in [7, 11) is 0. The number of fused-ring (bicyclic) bond motifs is 1. The molecule has 1 heterocycles. The van der Waals surface area contributed by atoms with Crippen LogP contribution in [-0.2, 0) is 0 Å². The lowest BCUT2D eigenvalue weighted by molar-refractivity contribution is 1.32. The van der Waals surface area contributed by atoms with Crippen LogP contribution in [0.15, 0.2) is 114 Å². The molecule has 5 rings (SSSR count). The van der Waals surface area contributed by atoms with Gasteiger partial charge < -0.3 is 0 Å². The first-order valence-corrected chi connectivity index (χ1v) is 10.4. The first-order chi connectivity index (χ1) is 14.3. The minimum Gasteiger partial charge on any atom is -0.248 e. The zero-order chi connectivity index (χ0) is 19.6. The molecule has 138 valence electrons. The van der Waals surface area contributed by atoms with Gasteiger partial charge in [0.05, 0.1) is 11.4 Å². The molecule has 1 aromatic heterocycles. The van der Waals surface area contributed by atoms with E-state index in [0.717, 1.165) is 27.0 Å². The van der Waals surface area contributed by atoms with E-state index < -0.39 is 0 Å². The number of hydrogen-bond acceptors (Lipinski definition) is 1. The maximum atomic E-state index is 4.99. The van der Waals surface area contributed by atoms with Crippen LogP contribution in [0.3, 0.4) is 0 Å². The first-order valence-electron chi connectivity index (χ1n) is 9.59. The van der Waals surface area contributed by atoms with E-state index in [1.54, 1.807) is 0 Å². The third kappa shape index (κ3) is 3.59. The highest BCUT2D eigenvalue weighted by Gasteiger charge is 2.11. The second-order valence-corrected chi connectivity index (χ2v) is 7.94. The number of rotatable bonds is 3. The van der Waals surface area contributed by atoms with Crippen molar-refractivity contribution >= 4 is 26.7 Å². The standard InChI is InChI=1S/C27H18BrN/c28-23-15-13-21(14-16-23)27-18-22(17-26(29-27)20-8-2-1-3-9-20)25-12-6-10-19-7-4-5-11-24(19)25/h1-18H. The Hall–Kier alpha value is -3.23. The predicted octanol–water partition coefficient (Wildman–Crippen LogP) is 8.00. The summed E-state index contributed by atoms with van der Waals surface area (Å²) >= 11 is 3.53. The lowest BCUT2D eigenvalue weighted by Crippen LogP contribution is -1.91. The van der Waals surface area contributed by atoms with Gasteiger partial charge in [-0.15, -0.1) is 0 Å². The molecule has 5 aromatic rings. The number of benzene rings is 4. The summed E-state index contributed by atoms with van der Waals surface area (Å²) in [6, 6.07) is 38.1. The van der Waals surface area contributed by atoms with Crippen LogP contribution in [-0.4, -0.2) is 4.98 Å². The van der Waals surface area contributed by atoms with Crippen LogP contribution >= 0.6 is 15.9 Å². The van der Waals surface area contributed by atoms with Gasteiger partial charge in [0.25, 0.3) is 0 Å². The summed E-state index contributed by atoms with van der Waals surface area (Å²) in [4.78, 5) is 4.99. The minimum atomic E-state index is 0.974. The van der Waals surface area contributed by atoms with Crippen LogP contribution in [0.1, 0.15) is 0 Å². The number of aromatic nitrogens is 1. The molecule has 0 atom stereocenters. The van der Waals surface area contributed by atoms with Crippen molar-refractivity contribution in [2.75, 3.05) is 0 Å². The molecular weight excluding hydrogens is 418 g/mol. The Kier molecular flexibility index (Phi) is 4.71. The van der Waals surface area contributed by atoms with Crippen molar-refractivity contribution in [1.82, 2.24) is 4.98 Å². The highest BCUT2D eigenvalue weighted by Crippen LogP contribution is 2.34. The topological polar surface area (TPSA) is 12.9 Å². The molecule has 29 heavy (non-hydrogen) atoms. The molecule has 0 unspecified atom stereocenters. The third-order valence-corrected chi connectivity index (χ3v) is 5.66. The van der Waals surface area contributed by atoms with E-state index in [4.69, 9.17) is 4.98 Å². The molecule has 0 aliphatic carbocycles. The van der Waals surface area contributed by atoms with E-state index >= 15 is 0 Å². The van der Waals surface area contributed by atoms with Gasteiger partial charge in [-0.25, -0.2) is 4.98 Å². The summed E-state index contributed by atoms with van der Waals surface area (Å²) in [6.07, 6.45) is 0. The maximum Gasteiger partial charge on any atom is 0.0715 e. The normalized spacial score (nSPS) is 10.9. The molecule has 1 nitrogen and oxygen atoms in total. The second kappa shape index (κ2) is 7.65. The molecule has 0 fully saturated rings. The Morgan fingerprint density at radius 1 is 0.517 bits per heavy atom. The molecule has 0 N–H and O–H groups in total. The van der Waals surface area contributed by atoms with E-state index in [-0.39, 0.29) is 0 Å². The summed E-state index contributed by atoms with van der Waals surface area (Å²) in [5.74, 6) is 0. The number of nitrogens with zero attached hydrogens (tertiary/aromatic N) is 1.